The third kappa shape index (κ3) is 3.30. The van der Waals surface area contributed by atoms with Gasteiger partial charge in [-0.3, -0.25) is 25.1 Å². The summed E-state index contributed by atoms with van der Waals surface area (Å²) in [5.41, 5.74) is 4.04. The molecule has 204 valence electrons. The lowest BCUT2D eigenvalue weighted by Gasteiger charge is -2.37. The first-order chi connectivity index (χ1) is 19.0. The third-order valence-electron chi connectivity index (χ3n) is 9.68. The Morgan fingerprint density at radius 2 is 1.65 bits per heavy atom. The minimum absolute atomic E-state index is 0.0321. The van der Waals surface area contributed by atoms with Crippen molar-refractivity contribution in [2.75, 3.05) is 10.7 Å². The summed E-state index contributed by atoms with van der Waals surface area (Å²) in [6.07, 6.45) is 1.08. The van der Waals surface area contributed by atoms with Crippen molar-refractivity contribution < 1.29 is 14.5 Å². The van der Waals surface area contributed by atoms with E-state index in [2.05, 4.69) is 39.5 Å². The van der Waals surface area contributed by atoms with Crippen LogP contribution in [-0.4, -0.2) is 26.9 Å². The van der Waals surface area contributed by atoms with Crippen LogP contribution in [0, 0.1) is 26.4 Å². The van der Waals surface area contributed by atoms with E-state index in [9.17, 15) is 19.7 Å². The lowest BCUT2D eigenvalue weighted by molar-refractivity contribution is -0.384. The van der Waals surface area contributed by atoms with E-state index >= 15 is 0 Å². The number of hydrogen-bond acceptors (Lipinski definition) is 6. The number of carbonyl (C=O) groups excluding carboxylic acids is 2. The molecule has 40 heavy (non-hydrogen) atoms. The Balaban J connectivity index is 1.33. The van der Waals surface area contributed by atoms with E-state index in [0.29, 0.717) is 29.9 Å². The Morgan fingerprint density at radius 3 is 2.35 bits per heavy atom. The maximum atomic E-state index is 14.1. The Hall–Kier alpha value is -4.53. The third-order valence-corrected chi connectivity index (χ3v) is 9.68. The number of ketones is 1. The molecule has 1 amide bonds. The molecule has 2 N–H and O–H groups in total. The SMILES string of the molecule is CCn1c2ccccc2c2cc(NC(=O)C34CCC(C)(/C(=N/Nc5ccc([N+](=O)[O-])cc5)C3=O)C4(C)C)ccc21. The highest BCUT2D eigenvalue weighted by Crippen LogP contribution is 2.69. The van der Waals surface area contributed by atoms with E-state index in [1.807, 2.05) is 51.1 Å². The predicted molar refractivity (Wildman–Crippen MR) is 156 cm³/mol. The summed E-state index contributed by atoms with van der Waals surface area (Å²) in [4.78, 5) is 38.6. The van der Waals surface area contributed by atoms with Gasteiger partial charge in [0.1, 0.15) is 11.1 Å². The van der Waals surface area contributed by atoms with E-state index in [0.717, 1.165) is 28.4 Å². The molecule has 4 aromatic rings. The molecule has 3 aromatic carbocycles. The smallest absolute Gasteiger partial charge is 0.269 e. The summed E-state index contributed by atoms with van der Waals surface area (Å²) in [5.74, 6) is -0.591. The monoisotopic (exact) mass is 537 g/mol. The van der Waals surface area contributed by atoms with Crippen LogP contribution in [0.25, 0.3) is 21.8 Å². The maximum Gasteiger partial charge on any atom is 0.269 e. The molecular weight excluding hydrogens is 506 g/mol. The molecule has 0 aliphatic heterocycles. The van der Waals surface area contributed by atoms with Crippen molar-refractivity contribution >= 4 is 56.3 Å². The van der Waals surface area contributed by atoms with Crippen LogP contribution in [0.5, 0.6) is 0 Å². The molecule has 0 radical (unpaired) electrons. The molecule has 2 aliphatic rings. The molecule has 0 saturated heterocycles. The van der Waals surface area contributed by atoms with Gasteiger partial charge >= 0.3 is 0 Å². The molecule has 0 spiro atoms. The number of nitrogens with one attached hydrogen (secondary N) is 2. The molecule has 2 saturated carbocycles. The van der Waals surface area contributed by atoms with Gasteiger partial charge in [0.15, 0.2) is 5.78 Å². The van der Waals surface area contributed by atoms with E-state index < -0.39 is 21.2 Å². The summed E-state index contributed by atoms with van der Waals surface area (Å²) in [6, 6.07) is 20.0. The zero-order chi connectivity index (χ0) is 28.4. The number of rotatable bonds is 6. The predicted octanol–water partition coefficient (Wildman–Crippen LogP) is 6.52. The van der Waals surface area contributed by atoms with Gasteiger partial charge in [0, 0.05) is 51.6 Å². The van der Waals surface area contributed by atoms with Gasteiger partial charge in [0.05, 0.1) is 10.6 Å². The van der Waals surface area contributed by atoms with Crippen LogP contribution in [0.15, 0.2) is 71.8 Å². The number of nitro groups is 1. The summed E-state index contributed by atoms with van der Waals surface area (Å²) < 4.78 is 2.25. The van der Waals surface area contributed by atoms with E-state index in [1.54, 1.807) is 12.1 Å². The Labute approximate surface area is 231 Å². The van der Waals surface area contributed by atoms with Crippen LogP contribution in [0.3, 0.4) is 0 Å². The number of nitro benzene ring substituents is 1. The van der Waals surface area contributed by atoms with Crippen LogP contribution in [0.2, 0.25) is 0 Å². The Kier molecular flexibility index (Phi) is 5.62. The molecule has 9 heteroatoms. The number of hydrogen-bond donors (Lipinski definition) is 2. The molecule has 2 fully saturated rings. The second kappa shape index (κ2) is 8.74. The van der Waals surface area contributed by atoms with E-state index in [1.165, 1.54) is 12.1 Å². The minimum atomic E-state index is -1.26. The van der Waals surface area contributed by atoms with Crippen molar-refractivity contribution in [1.29, 1.82) is 0 Å². The average Bonchev–Trinajstić information content (AvgIpc) is 3.41. The van der Waals surface area contributed by atoms with Gasteiger partial charge in [-0.2, -0.15) is 5.10 Å². The number of anilines is 2. The van der Waals surface area contributed by atoms with Gasteiger partial charge in [-0.05, 0) is 61.6 Å². The molecule has 2 atom stereocenters. The first-order valence-corrected chi connectivity index (χ1v) is 13.5. The zero-order valence-electron chi connectivity index (χ0n) is 22.9. The molecule has 2 aliphatic carbocycles. The summed E-state index contributed by atoms with van der Waals surface area (Å²) in [7, 11) is 0. The number of hydrazone groups is 1. The minimum Gasteiger partial charge on any atom is -0.341 e. The highest BCUT2D eigenvalue weighted by molar-refractivity contribution is 6.51. The lowest BCUT2D eigenvalue weighted by atomic mass is 9.64. The molecule has 9 nitrogen and oxygen atoms in total. The van der Waals surface area contributed by atoms with Gasteiger partial charge in [-0.25, -0.2) is 0 Å². The number of Topliss-reactive ketones (excluding diaryl/α,β-unsaturated/α-hetero) is 1. The van der Waals surface area contributed by atoms with Crippen LogP contribution in [0.4, 0.5) is 17.1 Å². The first-order valence-electron chi connectivity index (χ1n) is 13.5. The fraction of sp³-hybridized carbons (Fsp3) is 0.323. The van der Waals surface area contributed by atoms with Crippen molar-refractivity contribution in [1.82, 2.24) is 4.57 Å². The van der Waals surface area contributed by atoms with E-state index in [4.69, 9.17) is 0 Å². The van der Waals surface area contributed by atoms with Crippen molar-refractivity contribution in [2.24, 2.45) is 21.3 Å². The molecule has 2 unspecified atom stereocenters. The van der Waals surface area contributed by atoms with Crippen LogP contribution in [0.1, 0.15) is 40.5 Å². The number of fused-ring (bicyclic) bond motifs is 5. The summed E-state index contributed by atoms with van der Waals surface area (Å²) in [6.45, 7) is 8.89. The van der Waals surface area contributed by atoms with Gasteiger partial charge < -0.3 is 9.88 Å². The van der Waals surface area contributed by atoms with Crippen molar-refractivity contribution in [3.63, 3.8) is 0 Å². The zero-order valence-corrected chi connectivity index (χ0v) is 22.9. The van der Waals surface area contributed by atoms with Crippen LogP contribution < -0.4 is 10.7 Å². The number of amides is 1. The highest BCUT2D eigenvalue weighted by atomic mass is 16.6. The molecule has 6 rings (SSSR count). The van der Waals surface area contributed by atoms with Crippen LogP contribution in [-0.2, 0) is 16.1 Å². The lowest BCUT2D eigenvalue weighted by Crippen LogP contribution is -2.47. The first kappa shape index (κ1) is 25.7. The molecular formula is C31H31N5O4. The average molecular weight is 538 g/mol. The second-order valence-electron chi connectivity index (χ2n) is 11.5. The number of para-hydroxylation sites is 1. The van der Waals surface area contributed by atoms with Gasteiger partial charge in [-0.1, -0.05) is 39.0 Å². The van der Waals surface area contributed by atoms with Crippen molar-refractivity contribution in [2.45, 2.75) is 47.1 Å². The topological polar surface area (TPSA) is 119 Å². The summed E-state index contributed by atoms with van der Waals surface area (Å²) >= 11 is 0. The number of benzene rings is 3. The highest BCUT2D eigenvalue weighted by Gasteiger charge is 2.76. The maximum absolute atomic E-state index is 14.1. The quantitative estimate of drug-likeness (QED) is 0.165. The summed E-state index contributed by atoms with van der Waals surface area (Å²) in [5, 5.41) is 20.7. The number of non-ortho nitro benzene ring substituents is 1. The normalized spacial score (nSPS) is 24.2. The van der Waals surface area contributed by atoms with Gasteiger partial charge in [0.25, 0.3) is 5.69 Å². The second-order valence-corrected chi connectivity index (χ2v) is 11.5. The van der Waals surface area contributed by atoms with Crippen molar-refractivity contribution in [3.8, 4) is 0 Å². The standard InChI is InChI=1S/C31H31N5O4/c1-5-35-24-9-7-6-8-22(24)23-18-20(12-15-25(23)35)32-28(38)31-17-16-30(4,29(31,2)3)26(27(31)37)34-33-19-10-13-21(14-11-19)36(39)40/h6-15,18,33H,5,16-17H2,1-4H3,(H,32,38)/b34-26+. The number of aromatic nitrogens is 1. The van der Waals surface area contributed by atoms with Gasteiger partial charge in [0.2, 0.25) is 5.91 Å². The fourth-order valence-corrected chi connectivity index (χ4v) is 6.96. The van der Waals surface area contributed by atoms with Crippen molar-refractivity contribution in [3.05, 3.63) is 76.8 Å². The van der Waals surface area contributed by atoms with E-state index in [-0.39, 0.29) is 17.4 Å². The number of aryl methyl sites for hydroxylation is 1. The Bertz CT molecular complexity index is 1750. The number of carbonyl (C=O) groups is 2. The van der Waals surface area contributed by atoms with Crippen LogP contribution >= 0.6 is 0 Å². The molecule has 2 bridgehead atoms. The van der Waals surface area contributed by atoms with Gasteiger partial charge in [-0.15, -0.1) is 0 Å². The number of nitrogens with zero attached hydrogens (tertiary/aromatic N) is 3. The fourth-order valence-electron chi connectivity index (χ4n) is 6.96. The largest absolute Gasteiger partial charge is 0.341 e. The Morgan fingerprint density at radius 1 is 0.975 bits per heavy atom. The molecule has 1 aromatic heterocycles. The molecule has 1 heterocycles.